The van der Waals surface area contributed by atoms with Crippen molar-refractivity contribution in [1.29, 1.82) is 0 Å². The van der Waals surface area contributed by atoms with Gasteiger partial charge in [-0.3, -0.25) is 0 Å². The van der Waals surface area contributed by atoms with E-state index in [-0.39, 0.29) is 5.78 Å². The molecular formula is C23H22O. The molecule has 1 nitrogen and oxygen atoms in total. The van der Waals surface area contributed by atoms with Crippen LogP contribution in [0.15, 0.2) is 60.7 Å². The van der Waals surface area contributed by atoms with Gasteiger partial charge in [-0.15, -0.1) is 0 Å². The molecule has 0 spiro atoms. The average Bonchev–Trinajstić information content (AvgIpc) is 2.58. The molecular weight excluding hydrogens is 292 g/mol. The molecule has 4 aromatic carbocycles. The maximum Gasteiger partial charge on any atom is 0.126 e. The SMILES string of the molecule is CC(C)=O.Cc1c2ccccc2c(C)c2c1ccc1ccccc12. The van der Waals surface area contributed by atoms with Crippen LogP contribution in [-0.2, 0) is 4.79 Å². The number of Topliss-reactive ketones (excluding diaryl/α,β-unsaturated/α-hetero) is 1. The molecule has 0 unspecified atom stereocenters. The summed E-state index contributed by atoms with van der Waals surface area (Å²) in [5.41, 5.74) is 2.77. The van der Waals surface area contributed by atoms with Gasteiger partial charge >= 0.3 is 0 Å². The molecule has 0 aliphatic carbocycles. The molecule has 0 amide bonds. The van der Waals surface area contributed by atoms with Crippen LogP contribution < -0.4 is 0 Å². The maximum absolute atomic E-state index is 9.44. The van der Waals surface area contributed by atoms with E-state index in [4.69, 9.17) is 0 Å². The number of hydrogen-bond acceptors (Lipinski definition) is 1. The van der Waals surface area contributed by atoms with Gasteiger partial charge < -0.3 is 4.79 Å². The Hall–Kier alpha value is -2.67. The molecule has 120 valence electrons. The average molecular weight is 314 g/mol. The highest BCUT2D eigenvalue weighted by Gasteiger charge is 2.10. The third-order valence-electron chi connectivity index (χ3n) is 4.44. The van der Waals surface area contributed by atoms with Gasteiger partial charge in [-0.1, -0.05) is 60.7 Å². The molecule has 4 rings (SSSR count). The van der Waals surface area contributed by atoms with Crippen LogP contribution in [0.2, 0.25) is 0 Å². The number of rotatable bonds is 0. The minimum Gasteiger partial charge on any atom is -0.300 e. The molecule has 0 fully saturated rings. The van der Waals surface area contributed by atoms with Crippen LogP contribution in [0.25, 0.3) is 32.3 Å². The summed E-state index contributed by atoms with van der Waals surface area (Å²) < 4.78 is 0. The number of aryl methyl sites for hydroxylation is 2. The standard InChI is InChI=1S/C20H16.C3H6O/c1-13-16-8-5-6-9-17(16)14(2)20-18(13)12-11-15-7-3-4-10-19(15)20;1-3(2)4/h3-12H,1-2H3;1-2H3. The lowest BCUT2D eigenvalue weighted by molar-refractivity contribution is -0.114. The monoisotopic (exact) mass is 314 g/mol. The zero-order chi connectivity index (χ0) is 17.3. The smallest absolute Gasteiger partial charge is 0.126 e. The fourth-order valence-corrected chi connectivity index (χ4v) is 3.40. The molecule has 24 heavy (non-hydrogen) atoms. The largest absolute Gasteiger partial charge is 0.300 e. The molecule has 0 saturated carbocycles. The van der Waals surface area contributed by atoms with Gasteiger partial charge in [0.25, 0.3) is 0 Å². The second-order valence-electron chi connectivity index (χ2n) is 6.41. The minimum absolute atomic E-state index is 0.167. The zero-order valence-electron chi connectivity index (χ0n) is 14.7. The van der Waals surface area contributed by atoms with Crippen LogP contribution in [0.5, 0.6) is 0 Å². The van der Waals surface area contributed by atoms with Crippen molar-refractivity contribution in [3.63, 3.8) is 0 Å². The molecule has 0 aliphatic heterocycles. The minimum atomic E-state index is 0.167. The topological polar surface area (TPSA) is 17.1 Å². The van der Waals surface area contributed by atoms with Gasteiger partial charge in [0.15, 0.2) is 0 Å². The molecule has 0 heterocycles. The van der Waals surface area contributed by atoms with E-state index in [1.807, 2.05) is 0 Å². The van der Waals surface area contributed by atoms with E-state index in [2.05, 4.69) is 74.5 Å². The Kier molecular flexibility index (Phi) is 4.35. The van der Waals surface area contributed by atoms with Crippen molar-refractivity contribution < 1.29 is 4.79 Å². The van der Waals surface area contributed by atoms with Crippen LogP contribution in [0.3, 0.4) is 0 Å². The van der Waals surface area contributed by atoms with Crippen LogP contribution in [-0.4, -0.2) is 5.78 Å². The van der Waals surface area contributed by atoms with Crippen molar-refractivity contribution in [2.75, 3.05) is 0 Å². The summed E-state index contributed by atoms with van der Waals surface area (Å²) in [6, 6.07) is 21.9. The van der Waals surface area contributed by atoms with Crippen LogP contribution in [0.4, 0.5) is 0 Å². The lowest BCUT2D eigenvalue weighted by Gasteiger charge is -2.14. The Morgan fingerprint density at radius 1 is 0.625 bits per heavy atom. The van der Waals surface area contributed by atoms with E-state index in [1.54, 1.807) is 0 Å². The number of ketones is 1. The molecule has 0 bridgehead atoms. The Balaban J connectivity index is 0.000000383. The number of benzene rings is 4. The first-order chi connectivity index (χ1) is 11.5. The molecule has 0 aromatic heterocycles. The van der Waals surface area contributed by atoms with Gasteiger partial charge in [-0.05, 0) is 71.1 Å². The third-order valence-corrected chi connectivity index (χ3v) is 4.44. The predicted molar refractivity (Wildman–Crippen MR) is 105 cm³/mol. The number of carbonyl (C=O) groups is 1. The summed E-state index contributed by atoms with van der Waals surface area (Å²) in [6.07, 6.45) is 0. The molecule has 4 aromatic rings. The zero-order valence-corrected chi connectivity index (χ0v) is 14.7. The summed E-state index contributed by atoms with van der Waals surface area (Å²) in [4.78, 5) is 9.44. The first-order valence-corrected chi connectivity index (χ1v) is 8.27. The lowest BCUT2D eigenvalue weighted by Crippen LogP contribution is -1.89. The van der Waals surface area contributed by atoms with Gasteiger partial charge in [0.05, 0.1) is 0 Å². The van der Waals surface area contributed by atoms with Gasteiger partial charge in [-0.2, -0.15) is 0 Å². The summed E-state index contributed by atoms with van der Waals surface area (Å²) in [7, 11) is 0. The first kappa shape index (κ1) is 16.2. The van der Waals surface area contributed by atoms with E-state index in [1.165, 1.54) is 57.3 Å². The number of fused-ring (bicyclic) bond motifs is 4. The normalized spacial score (nSPS) is 10.7. The maximum atomic E-state index is 9.44. The first-order valence-electron chi connectivity index (χ1n) is 8.27. The highest BCUT2D eigenvalue weighted by atomic mass is 16.1. The van der Waals surface area contributed by atoms with Crippen molar-refractivity contribution in [3.05, 3.63) is 71.8 Å². The van der Waals surface area contributed by atoms with Gasteiger partial charge in [0.2, 0.25) is 0 Å². The van der Waals surface area contributed by atoms with Crippen molar-refractivity contribution in [2.24, 2.45) is 0 Å². The molecule has 0 aliphatic rings. The van der Waals surface area contributed by atoms with Crippen molar-refractivity contribution in [2.45, 2.75) is 27.7 Å². The lowest BCUT2D eigenvalue weighted by atomic mass is 9.90. The Bertz CT molecular complexity index is 1050. The molecule has 0 N–H and O–H groups in total. The Morgan fingerprint density at radius 3 is 1.75 bits per heavy atom. The quantitative estimate of drug-likeness (QED) is 0.273. The van der Waals surface area contributed by atoms with Crippen LogP contribution >= 0.6 is 0 Å². The van der Waals surface area contributed by atoms with Gasteiger partial charge in [0.1, 0.15) is 5.78 Å². The highest BCUT2D eigenvalue weighted by Crippen LogP contribution is 2.36. The fraction of sp³-hybridized carbons (Fsp3) is 0.174. The van der Waals surface area contributed by atoms with Gasteiger partial charge in [-0.25, -0.2) is 0 Å². The highest BCUT2D eigenvalue weighted by molar-refractivity contribution is 6.16. The second kappa shape index (κ2) is 6.45. The van der Waals surface area contributed by atoms with Crippen molar-refractivity contribution in [3.8, 4) is 0 Å². The summed E-state index contributed by atoms with van der Waals surface area (Å²) >= 11 is 0. The Morgan fingerprint density at radius 2 is 1.12 bits per heavy atom. The Labute approximate surface area is 142 Å². The second-order valence-corrected chi connectivity index (χ2v) is 6.41. The number of hydrogen-bond donors (Lipinski definition) is 0. The van der Waals surface area contributed by atoms with E-state index in [0.717, 1.165) is 0 Å². The van der Waals surface area contributed by atoms with E-state index in [0.29, 0.717) is 0 Å². The van der Waals surface area contributed by atoms with E-state index >= 15 is 0 Å². The fourth-order valence-electron chi connectivity index (χ4n) is 3.40. The van der Waals surface area contributed by atoms with Gasteiger partial charge in [0, 0.05) is 0 Å². The van der Waals surface area contributed by atoms with Crippen LogP contribution in [0, 0.1) is 13.8 Å². The predicted octanol–water partition coefficient (Wildman–Crippen LogP) is 6.36. The molecule has 0 radical (unpaired) electrons. The van der Waals surface area contributed by atoms with E-state index in [9.17, 15) is 4.79 Å². The summed E-state index contributed by atoms with van der Waals surface area (Å²) in [6.45, 7) is 7.54. The molecule has 1 heteroatoms. The van der Waals surface area contributed by atoms with Crippen LogP contribution in [0.1, 0.15) is 25.0 Å². The molecule has 0 atom stereocenters. The molecule has 0 saturated heterocycles. The third kappa shape index (κ3) is 2.78. The summed E-state index contributed by atoms with van der Waals surface area (Å²) in [5, 5.41) is 8.19. The van der Waals surface area contributed by atoms with Crippen molar-refractivity contribution >= 4 is 38.1 Å². The van der Waals surface area contributed by atoms with E-state index < -0.39 is 0 Å². The van der Waals surface area contributed by atoms with Crippen molar-refractivity contribution in [1.82, 2.24) is 0 Å². The number of carbonyl (C=O) groups excluding carboxylic acids is 1. The summed E-state index contributed by atoms with van der Waals surface area (Å²) in [5.74, 6) is 0.167.